The molecule has 1 nitrogen and oxygen atoms in total. The standard InChI is InChI=1S/C19H24O/c1-13(2)10-17-6-8-18(9-7-17)20-19-11-14(3)16(5)15(4)12-19/h6-9,11-13H,10H2,1-5H3. The van der Waals surface area contributed by atoms with Gasteiger partial charge in [-0.3, -0.25) is 0 Å². The van der Waals surface area contributed by atoms with Crippen LogP contribution in [0.3, 0.4) is 0 Å². The van der Waals surface area contributed by atoms with Crippen LogP contribution in [0.25, 0.3) is 0 Å². The first-order chi connectivity index (χ1) is 9.45. The van der Waals surface area contributed by atoms with Gasteiger partial charge in [0.25, 0.3) is 0 Å². The monoisotopic (exact) mass is 268 g/mol. The maximum atomic E-state index is 5.95. The Morgan fingerprint density at radius 2 is 1.40 bits per heavy atom. The molecule has 0 fully saturated rings. The molecule has 0 heterocycles. The van der Waals surface area contributed by atoms with E-state index in [1.807, 2.05) is 0 Å². The molecule has 0 aliphatic rings. The molecule has 0 radical (unpaired) electrons. The topological polar surface area (TPSA) is 9.23 Å². The van der Waals surface area contributed by atoms with E-state index in [0.717, 1.165) is 17.9 Å². The molecule has 0 aliphatic carbocycles. The third kappa shape index (κ3) is 3.63. The van der Waals surface area contributed by atoms with Gasteiger partial charge in [0.2, 0.25) is 0 Å². The number of benzene rings is 2. The lowest BCUT2D eigenvalue weighted by Gasteiger charge is -2.11. The minimum atomic E-state index is 0.684. The van der Waals surface area contributed by atoms with E-state index in [4.69, 9.17) is 4.74 Å². The van der Waals surface area contributed by atoms with Crippen molar-refractivity contribution in [3.8, 4) is 11.5 Å². The lowest BCUT2D eigenvalue weighted by Crippen LogP contribution is -1.94. The minimum absolute atomic E-state index is 0.684. The molecule has 1 heteroatoms. The van der Waals surface area contributed by atoms with Crippen LogP contribution in [0.1, 0.15) is 36.1 Å². The summed E-state index contributed by atoms with van der Waals surface area (Å²) in [5.41, 5.74) is 5.25. The van der Waals surface area contributed by atoms with E-state index >= 15 is 0 Å². The maximum absolute atomic E-state index is 5.95. The predicted octanol–water partition coefficient (Wildman–Crippen LogP) is 5.60. The van der Waals surface area contributed by atoms with Gasteiger partial charge in [-0.1, -0.05) is 26.0 Å². The summed E-state index contributed by atoms with van der Waals surface area (Å²) >= 11 is 0. The molecule has 2 aromatic carbocycles. The molecule has 0 saturated carbocycles. The molecule has 0 N–H and O–H groups in total. The fraction of sp³-hybridized carbons (Fsp3) is 0.368. The van der Waals surface area contributed by atoms with Gasteiger partial charge in [0, 0.05) is 0 Å². The van der Waals surface area contributed by atoms with Crippen LogP contribution in [0.5, 0.6) is 11.5 Å². The van der Waals surface area contributed by atoms with Crippen molar-refractivity contribution < 1.29 is 4.74 Å². The zero-order chi connectivity index (χ0) is 14.7. The molecule has 0 spiro atoms. The third-order valence-electron chi connectivity index (χ3n) is 3.70. The summed E-state index contributed by atoms with van der Waals surface area (Å²) < 4.78 is 5.95. The van der Waals surface area contributed by atoms with Gasteiger partial charge < -0.3 is 4.74 Å². The van der Waals surface area contributed by atoms with Gasteiger partial charge in [0.05, 0.1) is 0 Å². The van der Waals surface area contributed by atoms with Crippen LogP contribution >= 0.6 is 0 Å². The number of ether oxygens (including phenoxy) is 1. The summed E-state index contributed by atoms with van der Waals surface area (Å²) in [6, 6.07) is 12.6. The Morgan fingerprint density at radius 1 is 0.850 bits per heavy atom. The minimum Gasteiger partial charge on any atom is -0.457 e. The highest BCUT2D eigenvalue weighted by atomic mass is 16.5. The summed E-state index contributed by atoms with van der Waals surface area (Å²) in [6.45, 7) is 10.9. The zero-order valence-corrected chi connectivity index (χ0v) is 13.2. The Kier molecular flexibility index (Phi) is 4.49. The van der Waals surface area contributed by atoms with Crippen molar-refractivity contribution in [2.75, 3.05) is 0 Å². The predicted molar refractivity (Wildman–Crippen MR) is 85.7 cm³/mol. The summed E-state index contributed by atoms with van der Waals surface area (Å²) in [5.74, 6) is 2.51. The van der Waals surface area contributed by atoms with Crippen molar-refractivity contribution in [2.24, 2.45) is 5.92 Å². The average molecular weight is 268 g/mol. The molecule has 0 aliphatic heterocycles. The van der Waals surface area contributed by atoms with Crippen LogP contribution in [0.15, 0.2) is 36.4 Å². The average Bonchev–Trinajstić information content (AvgIpc) is 2.37. The summed E-state index contributed by atoms with van der Waals surface area (Å²) in [6.07, 6.45) is 1.11. The molecule has 106 valence electrons. The molecule has 0 unspecified atom stereocenters. The van der Waals surface area contributed by atoms with Gasteiger partial charge in [0.1, 0.15) is 11.5 Å². The molecule has 2 aromatic rings. The highest BCUT2D eigenvalue weighted by Gasteiger charge is 2.04. The molecular weight excluding hydrogens is 244 g/mol. The lowest BCUT2D eigenvalue weighted by atomic mass is 10.0. The van der Waals surface area contributed by atoms with Crippen LogP contribution in [0.2, 0.25) is 0 Å². The largest absolute Gasteiger partial charge is 0.457 e. The Balaban J connectivity index is 2.14. The Morgan fingerprint density at radius 3 is 1.90 bits per heavy atom. The second kappa shape index (κ2) is 6.13. The van der Waals surface area contributed by atoms with E-state index in [2.05, 4.69) is 71.0 Å². The molecule has 0 amide bonds. The van der Waals surface area contributed by atoms with Gasteiger partial charge in [0.15, 0.2) is 0 Å². The van der Waals surface area contributed by atoms with Crippen molar-refractivity contribution in [1.82, 2.24) is 0 Å². The normalized spacial score (nSPS) is 10.9. The van der Waals surface area contributed by atoms with Crippen molar-refractivity contribution in [2.45, 2.75) is 41.0 Å². The van der Waals surface area contributed by atoms with Crippen LogP contribution in [-0.2, 0) is 6.42 Å². The quantitative estimate of drug-likeness (QED) is 0.701. The Labute approximate surface area is 122 Å². The van der Waals surface area contributed by atoms with Gasteiger partial charge in [-0.2, -0.15) is 0 Å². The SMILES string of the molecule is Cc1cc(Oc2ccc(CC(C)C)cc2)cc(C)c1C. The maximum Gasteiger partial charge on any atom is 0.127 e. The van der Waals surface area contributed by atoms with Crippen molar-refractivity contribution in [3.63, 3.8) is 0 Å². The highest BCUT2D eigenvalue weighted by Crippen LogP contribution is 2.26. The second-order valence-electron chi connectivity index (χ2n) is 6.03. The molecule has 0 aromatic heterocycles. The molecule has 2 rings (SSSR count). The first kappa shape index (κ1) is 14.6. The summed E-state index contributed by atoms with van der Waals surface area (Å²) in [5, 5.41) is 0. The summed E-state index contributed by atoms with van der Waals surface area (Å²) in [7, 11) is 0. The van der Waals surface area contributed by atoms with Gasteiger partial charge in [-0.25, -0.2) is 0 Å². The van der Waals surface area contributed by atoms with Gasteiger partial charge in [-0.05, 0) is 79.6 Å². The van der Waals surface area contributed by atoms with E-state index in [1.54, 1.807) is 0 Å². The van der Waals surface area contributed by atoms with Crippen LogP contribution < -0.4 is 4.74 Å². The van der Waals surface area contributed by atoms with Crippen LogP contribution in [-0.4, -0.2) is 0 Å². The number of hydrogen-bond acceptors (Lipinski definition) is 1. The molecule has 20 heavy (non-hydrogen) atoms. The van der Waals surface area contributed by atoms with E-state index < -0.39 is 0 Å². The van der Waals surface area contributed by atoms with Crippen molar-refractivity contribution in [3.05, 3.63) is 58.7 Å². The zero-order valence-electron chi connectivity index (χ0n) is 13.2. The van der Waals surface area contributed by atoms with Crippen molar-refractivity contribution >= 4 is 0 Å². The fourth-order valence-electron chi connectivity index (χ4n) is 2.36. The fourth-order valence-corrected chi connectivity index (χ4v) is 2.36. The van der Waals surface area contributed by atoms with E-state index in [9.17, 15) is 0 Å². The lowest BCUT2D eigenvalue weighted by molar-refractivity contribution is 0.481. The smallest absolute Gasteiger partial charge is 0.127 e. The van der Waals surface area contributed by atoms with Crippen molar-refractivity contribution in [1.29, 1.82) is 0 Å². The number of hydrogen-bond donors (Lipinski definition) is 0. The summed E-state index contributed by atoms with van der Waals surface area (Å²) in [4.78, 5) is 0. The molecular formula is C19H24O. The van der Waals surface area contributed by atoms with E-state index in [0.29, 0.717) is 5.92 Å². The second-order valence-corrected chi connectivity index (χ2v) is 6.03. The Hall–Kier alpha value is -1.76. The van der Waals surface area contributed by atoms with Gasteiger partial charge >= 0.3 is 0 Å². The van der Waals surface area contributed by atoms with E-state index in [-0.39, 0.29) is 0 Å². The van der Waals surface area contributed by atoms with Crippen LogP contribution in [0, 0.1) is 26.7 Å². The van der Waals surface area contributed by atoms with Gasteiger partial charge in [-0.15, -0.1) is 0 Å². The molecule has 0 saturated heterocycles. The first-order valence-electron chi connectivity index (χ1n) is 7.30. The molecule has 0 bridgehead atoms. The number of rotatable bonds is 4. The Bertz CT molecular complexity index is 556. The van der Waals surface area contributed by atoms with E-state index in [1.165, 1.54) is 22.3 Å². The highest BCUT2D eigenvalue weighted by molar-refractivity contribution is 5.42. The first-order valence-corrected chi connectivity index (χ1v) is 7.30. The third-order valence-corrected chi connectivity index (χ3v) is 3.70. The molecule has 0 atom stereocenters. The number of aryl methyl sites for hydroxylation is 2. The van der Waals surface area contributed by atoms with Crippen LogP contribution in [0.4, 0.5) is 0 Å².